The molecule has 0 unspecified atom stereocenters. The molecule has 0 atom stereocenters. The molecule has 0 saturated carbocycles. The molecule has 1 rings (SSSR count). The van der Waals surface area contributed by atoms with Crippen molar-refractivity contribution in [2.75, 3.05) is 6.54 Å². The minimum atomic E-state index is -1.27. The Labute approximate surface area is 116 Å². The Morgan fingerprint density at radius 1 is 1.35 bits per heavy atom. The first kappa shape index (κ1) is 15.7. The summed E-state index contributed by atoms with van der Waals surface area (Å²) < 4.78 is 0. The Kier molecular flexibility index (Phi) is 4.84. The van der Waals surface area contributed by atoms with E-state index in [4.69, 9.17) is 5.11 Å². The van der Waals surface area contributed by atoms with Gasteiger partial charge in [-0.1, -0.05) is 0 Å². The van der Waals surface area contributed by atoms with E-state index in [1.54, 1.807) is 0 Å². The largest absolute Gasteiger partial charge is 0.477 e. The maximum atomic E-state index is 11.7. The molecule has 1 aromatic heterocycles. The molecular weight excluding hydrogens is 264 g/mol. The van der Waals surface area contributed by atoms with Gasteiger partial charge >= 0.3 is 5.97 Å². The van der Waals surface area contributed by atoms with Crippen LogP contribution in [0.1, 0.15) is 48.2 Å². The number of carbonyl (C=O) groups excluding carboxylic acids is 2. The van der Waals surface area contributed by atoms with E-state index < -0.39 is 11.9 Å². The van der Waals surface area contributed by atoms with Crippen molar-refractivity contribution in [3.8, 4) is 0 Å². The van der Waals surface area contributed by atoms with E-state index in [0.717, 1.165) is 6.33 Å². The van der Waals surface area contributed by atoms with Crippen molar-refractivity contribution in [3.05, 3.63) is 17.7 Å². The molecule has 1 heterocycles. The van der Waals surface area contributed by atoms with Crippen molar-refractivity contribution in [2.24, 2.45) is 0 Å². The number of carbonyl (C=O) groups is 3. The van der Waals surface area contributed by atoms with Gasteiger partial charge in [0.2, 0.25) is 5.91 Å². The number of hydrogen-bond acceptors (Lipinski definition) is 4. The molecule has 0 aliphatic heterocycles. The van der Waals surface area contributed by atoms with Crippen molar-refractivity contribution in [2.45, 2.75) is 32.7 Å². The molecule has 2 amide bonds. The molecule has 0 aliphatic carbocycles. The maximum Gasteiger partial charge on any atom is 0.354 e. The SMILES string of the molecule is CC(C)(C)NC(=O)CCNC(=O)c1nc[nH]c1C(=O)O. The van der Waals surface area contributed by atoms with Gasteiger partial charge in [0.1, 0.15) is 0 Å². The molecule has 8 nitrogen and oxygen atoms in total. The number of H-pyrrole nitrogens is 1. The van der Waals surface area contributed by atoms with Crippen LogP contribution in [0.3, 0.4) is 0 Å². The molecule has 0 aliphatic rings. The summed E-state index contributed by atoms with van der Waals surface area (Å²) in [6, 6.07) is 0. The van der Waals surface area contributed by atoms with Crippen molar-refractivity contribution in [1.29, 1.82) is 0 Å². The molecule has 110 valence electrons. The third-order valence-corrected chi connectivity index (χ3v) is 2.22. The van der Waals surface area contributed by atoms with Crippen LogP contribution in [0.2, 0.25) is 0 Å². The highest BCUT2D eigenvalue weighted by atomic mass is 16.4. The summed E-state index contributed by atoms with van der Waals surface area (Å²) >= 11 is 0. The van der Waals surface area contributed by atoms with Crippen LogP contribution in [-0.4, -0.2) is 44.9 Å². The second-order valence-electron chi connectivity index (χ2n) is 5.24. The molecule has 0 fully saturated rings. The van der Waals surface area contributed by atoms with E-state index >= 15 is 0 Å². The van der Waals surface area contributed by atoms with Gasteiger partial charge in [0.05, 0.1) is 6.33 Å². The van der Waals surface area contributed by atoms with Crippen LogP contribution in [0.25, 0.3) is 0 Å². The number of aromatic amines is 1. The Morgan fingerprint density at radius 3 is 2.55 bits per heavy atom. The first-order valence-corrected chi connectivity index (χ1v) is 6.06. The second-order valence-corrected chi connectivity index (χ2v) is 5.24. The predicted octanol–water partition coefficient (Wildman–Crippen LogP) is 0.143. The molecule has 0 radical (unpaired) electrons. The molecular formula is C12H18N4O4. The Bertz CT molecular complexity index is 516. The summed E-state index contributed by atoms with van der Waals surface area (Å²) in [4.78, 5) is 40.1. The number of carboxylic acids is 1. The standard InChI is InChI=1S/C12H18N4O4/c1-12(2,3)16-7(17)4-5-13-10(18)8-9(11(19)20)15-6-14-8/h6H,4-5H2,1-3H3,(H,13,18)(H,14,15)(H,16,17)(H,19,20). The Balaban J connectivity index is 2.46. The fourth-order valence-corrected chi connectivity index (χ4v) is 1.48. The molecule has 4 N–H and O–H groups in total. The summed E-state index contributed by atoms with van der Waals surface area (Å²) in [7, 11) is 0. The number of rotatable bonds is 5. The molecule has 0 saturated heterocycles. The number of aromatic carboxylic acids is 1. The summed E-state index contributed by atoms with van der Waals surface area (Å²) in [5, 5.41) is 14.0. The molecule has 0 spiro atoms. The summed E-state index contributed by atoms with van der Waals surface area (Å²) in [5.41, 5.74) is -0.810. The van der Waals surface area contributed by atoms with E-state index in [1.165, 1.54) is 0 Å². The van der Waals surface area contributed by atoms with Crippen molar-refractivity contribution >= 4 is 17.8 Å². The van der Waals surface area contributed by atoms with E-state index in [2.05, 4.69) is 20.6 Å². The fourth-order valence-electron chi connectivity index (χ4n) is 1.48. The van der Waals surface area contributed by atoms with Crippen molar-refractivity contribution < 1.29 is 19.5 Å². The van der Waals surface area contributed by atoms with Crippen molar-refractivity contribution in [3.63, 3.8) is 0 Å². The third-order valence-electron chi connectivity index (χ3n) is 2.22. The van der Waals surface area contributed by atoms with Gasteiger partial charge < -0.3 is 20.7 Å². The highest BCUT2D eigenvalue weighted by Gasteiger charge is 2.19. The maximum absolute atomic E-state index is 11.7. The van der Waals surface area contributed by atoms with E-state index in [0.29, 0.717) is 0 Å². The van der Waals surface area contributed by atoms with Gasteiger partial charge in [-0.3, -0.25) is 9.59 Å². The Hall–Kier alpha value is -2.38. The van der Waals surface area contributed by atoms with Gasteiger partial charge in [0.15, 0.2) is 11.4 Å². The molecule has 0 bridgehead atoms. The number of amides is 2. The van der Waals surface area contributed by atoms with Gasteiger partial charge in [-0.05, 0) is 20.8 Å². The summed E-state index contributed by atoms with van der Waals surface area (Å²) in [6.45, 7) is 5.66. The first-order valence-electron chi connectivity index (χ1n) is 6.06. The van der Waals surface area contributed by atoms with Crippen LogP contribution >= 0.6 is 0 Å². The van der Waals surface area contributed by atoms with E-state index in [9.17, 15) is 14.4 Å². The van der Waals surface area contributed by atoms with Crippen LogP contribution < -0.4 is 10.6 Å². The highest BCUT2D eigenvalue weighted by Crippen LogP contribution is 2.02. The topological polar surface area (TPSA) is 124 Å². The van der Waals surface area contributed by atoms with Crippen LogP contribution in [-0.2, 0) is 4.79 Å². The van der Waals surface area contributed by atoms with E-state index in [1.807, 2.05) is 20.8 Å². The van der Waals surface area contributed by atoms with Crippen molar-refractivity contribution in [1.82, 2.24) is 20.6 Å². The Morgan fingerprint density at radius 2 is 2.00 bits per heavy atom. The lowest BCUT2D eigenvalue weighted by atomic mass is 10.1. The van der Waals surface area contributed by atoms with Gasteiger partial charge in [0.25, 0.3) is 5.91 Å². The normalized spacial score (nSPS) is 10.9. The van der Waals surface area contributed by atoms with Crippen LogP contribution in [0, 0.1) is 0 Å². The summed E-state index contributed by atoms with van der Waals surface area (Å²) in [5.74, 6) is -2.09. The minimum absolute atomic E-state index is 0.104. The first-order chi connectivity index (χ1) is 9.20. The number of aromatic nitrogens is 2. The molecule has 8 heteroatoms. The van der Waals surface area contributed by atoms with Crippen LogP contribution in [0.4, 0.5) is 0 Å². The van der Waals surface area contributed by atoms with E-state index in [-0.39, 0.29) is 35.8 Å². The molecule has 20 heavy (non-hydrogen) atoms. The lowest BCUT2D eigenvalue weighted by Gasteiger charge is -2.20. The zero-order valence-corrected chi connectivity index (χ0v) is 11.6. The van der Waals surface area contributed by atoms with Gasteiger partial charge in [-0.25, -0.2) is 9.78 Å². The van der Waals surface area contributed by atoms with Gasteiger partial charge in [0, 0.05) is 18.5 Å². The fraction of sp³-hybridized carbons (Fsp3) is 0.500. The van der Waals surface area contributed by atoms with Crippen LogP contribution in [0.15, 0.2) is 6.33 Å². The average Bonchev–Trinajstić information content (AvgIpc) is 2.74. The number of nitrogens with one attached hydrogen (secondary N) is 3. The van der Waals surface area contributed by atoms with Gasteiger partial charge in [-0.2, -0.15) is 0 Å². The van der Waals surface area contributed by atoms with Crippen LogP contribution in [0.5, 0.6) is 0 Å². The third kappa shape index (κ3) is 4.71. The zero-order chi connectivity index (χ0) is 15.3. The second kappa shape index (κ2) is 6.18. The average molecular weight is 282 g/mol. The summed E-state index contributed by atoms with van der Waals surface area (Å²) in [6.07, 6.45) is 1.24. The number of imidazole rings is 1. The number of carboxylic acid groups (broad SMARTS) is 1. The zero-order valence-electron chi connectivity index (χ0n) is 11.6. The predicted molar refractivity (Wildman–Crippen MR) is 70.4 cm³/mol. The molecule has 1 aromatic rings. The molecule has 0 aromatic carbocycles. The van der Waals surface area contributed by atoms with Gasteiger partial charge in [-0.15, -0.1) is 0 Å². The lowest BCUT2D eigenvalue weighted by molar-refractivity contribution is -0.122. The highest BCUT2D eigenvalue weighted by molar-refractivity contribution is 6.02. The number of hydrogen-bond donors (Lipinski definition) is 4. The monoisotopic (exact) mass is 282 g/mol. The lowest BCUT2D eigenvalue weighted by Crippen LogP contribution is -2.42. The smallest absolute Gasteiger partial charge is 0.354 e. The quantitative estimate of drug-likeness (QED) is 0.611. The minimum Gasteiger partial charge on any atom is -0.477 e. The number of nitrogens with zero attached hydrogens (tertiary/aromatic N) is 1.